The highest BCUT2D eigenvalue weighted by atomic mass is 79.9. The molecule has 0 aliphatic heterocycles. The van der Waals surface area contributed by atoms with E-state index in [0.29, 0.717) is 5.69 Å². The molecule has 0 saturated heterocycles. The summed E-state index contributed by atoms with van der Waals surface area (Å²) in [6.45, 7) is 0. The van der Waals surface area contributed by atoms with Crippen LogP contribution in [0.2, 0.25) is 0 Å². The highest BCUT2D eigenvalue weighted by Crippen LogP contribution is 2.20. The average Bonchev–Trinajstić information content (AvgIpc) is 2.37. The maximum Gasteiger partial charge on any atom is 0.255 e. The van der Waals surface area contributed by atoms with Crippen molar-refractivity contribution in [1.82, 2.24) is 0 Å². The number of rotatable bonds is 2. The van der Waals surface area contributed by atoms with Gasteiger partial charge < -0.3 is 11.1 Å². The number of carbonyl (C=O) groups excluding carboxylic acids is 1. The minimum absolute atomic E-state index is 0.0478. The first kappa shape index (κ1) is 13.5. The molecule has 0 atom stereocenters. The Morgan fingerprint density at radius 1 is 1.11 bits per heavy atom. The van der Waals surface area contributed by atoms with Crippen LogP contribution < -0.4 is 11.1 Å². The molecule has 6 heteroatoms. The standard InChI is InChI=1S/C13H9BrF2N2O/c14-9-3-1-7(5-11(9)16)13(19)18-12-6-8(17)2-4-10(12)15/h1-6H,17H2,(H,18,19). The number of anilines is 2. The first-order chi connectivity index (χ1) is 8.97. The zero-order chi connectivity index (χ0) is 14.0. The lowest BCUT2D eigenvalue weighted by Gasteiger charge is -2.07. The van der Waals surface area contributed by atoms with Crippen LogP contribution in [0.3, 0.4) is 0 Å². The molecule has 0 heterocycles. The van der Waals surface area contributed by atoms with Gasteiger partial charge in [0.05, 0.1) is 10.2 Å². The van der Waals surface area contributed by atoms with E-state index in [-0.39, 0.29) is 15.7 Å². The van der Waals surface area contributed by atoms with Crippen LogP contribution in [0, 0.1) is 11.6 Å². The number of hydrogen-bond donors (Lipinski definition) is 2. The Hall–Kier alpha value is -1.95. The van der Waals surface area contributed by atoms with E-state index in [1.54, 1.807) is 0 Å². The molecule has 0 bridgehead atoms. The van der Waals surface area contributed by atoms with Crippen molar-refractivity contribution in [2.24, 2.45) is 0 Å². The second-order valence-corrected chi connectivity index (χ2v) is 4.68. The minimum atomic E-state index is -0.615. The van der Waals surface area contributed by atoms with Gasteiger partial charge in [0.15, 0.2) is 0 Å². The van der Waals surface area contributed by atoms with Crippen LogP contribution in [0.25, 0.3) is 0 Å². The Morgan fingerprint density at radius 2 is 1.84 bits per heavy atom. The predicted molar refractivity (Wildman–Crippen MR) is 72.9 cm³/mol. The number of amides is 1. The number of nitrogens with two attached hydrogens (primary N) is 1. The van der Waals surface area contributed by atoms with Crippen molar-refractivity contribution < 1.29 is 13.6 Å². The Morgan fingerprint density at radius 3 is 2.53 bits per heavy atom. The number of nitrogens with one attached hydrogen (secondary N) is 1. The van der Waals surface area contributed by atoms with E-state index in [1.165, 1.54) is 24.3 Å². The Balaban J connectivity index is 2.25. The molecule has 0 saturated carbocycles. The zero-order valence-corrected chi connectivity index (χ0v) is 11.2. The normalized spacial score (nSPS) is 10.3. The number of nitrogen functional groups attached to an aromatic ring is 1. The predicted octanol–water partition coefficient (Wildman–Crippen LogP) is 3.56. The van der Waals surface area contributed by atoms with Crippen molar-refractivity contribution in [3.63, 3.8) is 0 Å². The number of hydrogen-bond acceptors (Lipinski definition) is 2. The SMILES string of the molecule is Nc1ccc(F)c(NC(=O)c2ccc(Br)c(F)c2)c1. The molecular formula is C13H9BrF2N2O. The van der Waals surface area contributed by atoms with Crippen molar-refractivity contribution in [2.45, 2.75) is 0 Å². The third-order valence-corrected chi connectivity index (χ3v) is 3.06. The van der Waals surface area contributed by atoms with E-state index in [4.69, 9.17) is 5.73 Å². The fourth-order valence-corrected chi connectivity index (χ4v) is 1.72. The smallest absolute Gasteiger partial charge is 0.255 e. The molecule has 0 fully saturated rings. The van der Waals surface area contributed by atoms with Crippen LogP contribution in [0.5, 0.6) is 0 Å². The van der Waals surface area contributed by atoms with Crippen molar-refractivity contribution in [3.8, 4) is 0 Å². The lowest BCUT2D eigenvalue weighted by Crippen LogP contribution is -2.13. The van der Waals surface area contributed by atoms with Gasteiger partial charge in [0, 0.05) is 11.3 Å². The zero-order valence-electron chi connectivity index (χ0n) is 9.58. The lowest BCUT2D eigenvalue weighted by molar-refractivity contribution is 0.102. The van der Waals surface area contributed by atoms with Gasteiger partial charge in [-0.05, 0) is 52.3 Å². The molecule has 0 aliphatic rings. The third-order valence-electron chi connectivity index (χ3n) is 2.42. The van der Waals surface area contributed by atoms with Gasteiger partial charge in [0.2, 0.25) is 0 Å². The number of carbonyl (C=O) groups is 1. The molecule has 19 heavy (non-hydrogen) atoms. The topological polar surface area (TPSA) is 55.1 Å². The Labute approximate surface area is 116 Å². The molecular weight excluding hydrogens is 318 g/mol. The third kappa shape index (κ3) is 3.08. The van der Waals surface area contributed by atoms with Crippen LogP contribution in [-0.2, 0) is 0 Å². The second-order valence-electron chi connectivity index (χ2n) is 3.82. The summed E-state index contributed by atoms with van der Waals surface area (Å²) in [4.78, 5) is 11.8. The number of halogens is 3. The largest absolute Gasteiger partial charge is 0.399 e. The first-order valence-electron chi connectivity index (χ1n) is 5.29. The van der Waals surface area contributed by atoms with Crippen LogP contribution in [0.1, 0.15) is 10.4 Å². The average molecular weight is 327 g/mol. The summed E-state index contributed by atoms with van der Waals surface area (Å²) < 4.78 is 27.0. The van der Waals surface area contributed by atoms with Crippen LogP contribution in [0.15, 0.2) is 40.9 Å². The maximum atomic E-state index is 13.4. The fourth-order valence-electron chi connectivity index (χ4n) is 1.47. The molecule has 0 radical (unpaired) electrons. The molecule has 2 aromatic carbocycles. The van der Waals surface area contributed by atoms with Crippen molar-refractivity contribution >= 4 is 33.2 Å². The summed E-state index contributed by atoms with van der Waals surface area (Å²) in [6, 6.07) is 7.70. The quantitative estimate of drug-likeness (QED) is 0.829. The maximum absolute atomic E-state index is 13.4. The molecule has 1 amide bonds. The van der Waals surface area contributed by atoms with E-state index in [2.05, 4.69) is 21.2 Å². The molecule has 3 nitrogen and oxygen atoms in total. The second kappa shape index (κ2) is 5.36. The van der Waals surface area contributed by atoms with E-state index in [0.717, 1.165) is 12.1 Å². The highest BCUT2D eigenvalue weighted by Gasteiger charge is 2.11. The molecule has 98 valence electrons. The van der Waals surface area contributed by atoms with Crippen LogP contribution in [0.4, 0.5) is 20.2 Å². The summed E-state index contributed by atoms with van der Waals surface area (Å²) in [5.74, 6) is -1.79. The molecule has 2 aromatic rings. The van der Waals surface area contributed by atoms with Gasteiger partial charge in [0.1, 0.15) is 11.6 Å². The van der Waals surface area contributed by atoms with Crippen molar-refractivity contribution in [3.05, 3.63) is 58.1 Å². The summed E-state index contributed by atoms with van der Waals surface area (Å²) in [5.41, 5.74) is 5.86. The molecule has 3 N–H and O–H groups in total. The van der Waals surface area contributed by atoms with Gasteiger partial charge in [-0.15, -0.1) is 0 Å². The monoisotopic (exact) mass is 326 g/mol. The van der Waals surface area contributed by atoms with Gasteiger partial charge in [0.25, 0.3) is 5.91 Å². The molecule has 2 rings (SSSR count). The highest BCUT2D eigenvalue weighted by molar-refractivity contribution is 9.10. The van der Waals surface area contributed by atoms with Crippen LogP contribution >= 0.6 is 15.9 Å². The lowest BCUT2D eigenvalue weighted by atomic mass is 10.2. The molecule has 0 unspecified atom stereocenters. The van der Waals surface area contributed by atoms with E-state index in [1.807, 2.05) is 0 Å². The summed E-state index contributed by atoms with van der Waals surface area (Å²) in [5, 5.41) is 2.34. The molecule has 0 aromatic heterocycles. The van der Waals surface area contributed by atoms with Crippen LogP contribution in [-0.4, -0.2) is 5.91 Å². The van der Waals surface area contributed by atoms with E-state index in [9.17, 15) is 13.6 Å². The minimum Gasteiger partial charge on any atom is -0.399 e. The van der Waals surface area contributed by atoms with Gasteiger partial charge >= 0.3 is 0 Å². The number of benzene rings is 2. The summed E-state index contributed by atoms with van der Waals surface area (Å²) >= 11 is 2.98. The van der Waals surface area contributed by atoms with Crippen molar-refractivity contribution in [1.29, 1.82) is 0 Å². The van der Waals surface area contributed by atoms with Gasteiger partial charge in [-0.3, -0.25) is 4.79 Å². The van der Waals surface area contributed by atoms with Gasteiger partial charge in [-0.25, -0.2) is 8.78 Å². The van der Waals surface area contributed by atoms with E-state index < -0.39 is 17.5 Å². The summed E-state index contributed by atoms with van der Waals surface area (Å²) in [7, 11) is 0. The fraction of sp³-hybridized carbons (Fsp3) is 0. The Kier molecular flexibility index (Phi) is 3.80. The summed E-state index contributed by atoms with van der Waals surface area (Å²) in [6.07, 6.45) is 0. The first-order valence-corrected chi connectivity index (χ1v) is 6.08. The van der Waals surface area contributed by atoms with Gasteiger partial charge in [-0.2, -0.15) is 0 Å². The molecule has 0 aliphatic carbocycles. The van der Waals surface area contributed by atoms with Gasteiger partial charge in [-0.1, -0.05) is 0 Å². The Bertz CT molecular complexity index is 647. The van der Waals surface area contributed by atoms with Crippen molar-refractivity contribution in [2.75, 3.05) is 11.1 Å². The van der Waals surface area contributed by atoms with E-state index >= 15 is 0 Å². The molecule has 0 spiro atoms.